The molecule has 1 N–H and O–H groups in total. The van der Waals surface area contributed by atoms with Crippen molar-refractivity contribution in [3.8, 4) is 5.75 Å². The second-order valence-electron chi connectivity index (χ2n) is 6.44. The number of amides is 2. The average molecular weight is 392 g/mol. The first-order valence-electron chi connectivity index (χ1n) is 8.80. The van der Waals surface area contributed by atoms with E-state index >= 15 is 0 Å². The highest BCUT2D eigenvalue weighted by atomic mass is 19.4. The Balaban J connectivity index is 1.61. The standard InChI is InChI=1S/C20H19F3N2O3/c21-20(22,23)13-28-16-10-8-15(9-11-16)24-18(26)17-7-4-12-25(17)19(27)14-5-2-1-3-6-14/h1-3,5-6,8-11,17H,4,7,12-13H2,(H,24,26). The van der Waals surface area contributed by atoms with Gasteiger partial charge in [-0.1, -0.05) is 18.2 Å². The third-order valence-electron chi connectivity index (χ3n) is 4.36. The van der Waals surface area contributed by atoms with Crippen LogP contribution in [0.5, 0.6) is 5.75 Å². The van der Waals surface area contributed by atoms with Crippen molar-refractivity contribution >= 4 is 17.5 Å². The van der Waals surface area contributed by atoms with Gasteiger partial charge < -0.3 is 15.0 Å². The van der Waals surface area contributed by atoms with E-state index in [0.717, 1.165) is 6.42 Å². The molecule has 3 rings (SSSR count). The average Bonchev–Trinajstić information content (AvgIpc) is 3.17. The number of hydrogen-bond acceptors (Lipinski definition) is 3. The number of halogens is 3. The third kappa shape index (κ3) is 5.03. The molecular formula is C20H19F3N2O3. The molecular weight excluding hydrogens is 373 g/mol. The Morgan fingerprint density at radius 2 is 1.75 bits per heavy atom. The number of ether oxygens (including phenoxy) is 1. The summed E-state index contributed by atoms with van der Waals surface area (Å²) < 4.78 is 41.2. The van der Waals surface area contributed by atoms with Crippen LogP contribution in [0.1, 0.15) is 23.2 Å². The van der Waals surface area contributed by atoms with Crippen molar-refractivity contribution in [2.24, 2.45) is 0 Å². The maximum atomic E-state index is 12.6. The molecule has 0 saturated carbocycles. The Bertz CT molecular complexity index is 823. The van der Waals surface area contributed by atoms with Crippen LogP contribution in [0.25, 0.3) is 0 Å². The summed E-state index contributed by atoms with van der Waals surface area (Å²) in [5.74, 6) is -0.475. The van der Waals surface area contributed by atoms with E-state index in [1.165, 1.54) is 24.3 Å². The summed E-state index contributed by atoms with van der Waals surface area (Å²) in [6.45, 7) is -0.882. The fourth-order valence-corrected chi connectivity index (χ4v) is 3.05. The Kier molecular flexibility index (Phi) is 5.87. The van der Waals surface area contributed by atoms with Crippen molar-refractivity contribution in [1.29, 1.82) is 0 Å². The largest absolute Gasteiger partial charge is 0.484 e. The molecule has 8 heteroatoms. The number of hydrogen-bond donors (Lipinski definition) is 1. The zero-order valence-electron chi connectivity index (χ0n) is 14.9. The summed E-state index contributed by atoms with van der Waals surface area (Å²) in [5.41, 5.74) is 0.941. The van der Waals surface area contributed by atoms with Crippen molar-refractivity contribution in [2.75, 3.05) is 18.5 Å². The van der Waals surface area contributed by atoms with E-state index in [1.807, 2.05) is 6.07 Å². The summed E-state index contributed by atoms with van der Waals surface area (Å²) in [5, 5.41) is 2.71. The number of benzene rings is 2. The second-order valence-corrected chi connectivity index (χ2v) is 6.44. The number of rotatable bonds is 5. The lowest BCUT2D eigenvalue weighted by Crippen LogP contribution is -2.43. The van der Waals surface area contributed by atoms with E-state index < -0.39 is 18.8 Å². The summed E-state index contributed by atoms with van der Waals surface area (Å²) >= 11 is 0. The summed E-state index contributed by atoms with van der Waals surface area (Å²) in [6.07, 6.45) is -3.14. The molecule has 1 aliphatic rings. The molecule has 0 spiro atoms. The van der Waals surface area contributed by atoms with Gasteiger partial charge in [0.2, 0.25) is 5.91 Å². The van der Waals surface area contributed by atoms with Crippen LogP contribution in [0, 0.1) is 0 Å². The number of likely N-dealkylation sites (tertiary alicyclic amines) is 1. The highest BCUT2D eigenvalue weighted by Gasteiger charge is 2.34. The molecule has 2 aromatic rings. The van der Waals surface area contributed by atoms with Crippen molar-refractivity contribution in [1.82, 2.24) is 4.90 Å². The van der Waals surface area contributed by atoms with Gasteiger partial charge in [0.1, 0.15) is 11.8 Å². The van der Waals surface area contributed by atoms with Gasteiger partial charge >= 0.3 is 6.18 Å². The minimum Gasteiger partial charge on any atom is -0.484 e. The van der Waals surface area contributed by atoms with Crippen LogP contribution >= 0.6 is 0 Å². The normalized spacial score (nSPS) is 16.7. The van der Waals surface area contributed by atoms with Gasteiger partial charge in [-0.2, -0.15) is 13.2 Å². The fourth-order valence-electron chi connectivity index (χ4n) is 3.05. The molecule has 5 nitrogen and oxygen atoms in total. The highest BCUT2D eigenvalue weighted by molar-refractivity contribution is 6.01. The number of alkyl halides is 3. The number of carbonyl (C=O) groups is 2. The van der Waals surface area contributed by atoms with Crippen LogP contribution in [0.4, 0.5) is 18.9 Å². The van der Waals surface area contributed by atoms with E-state index in [1.54, 1.807) is 29.2 Å². The second kappa shape index (κ2) is 8.33. The Hall–Kier alpha value is -3.03. The Morgan fingerprint density at radius 1 is 1.07 bits per heavy atom. The van der Waals surface area contributed by atoms with Crippen LogP contribution < -0.4 is 10.1 Å². The van der Waals surface area contributed by atoms with Gasteiger partial charge in [-0.05, 0) is 49.2 Å². The van der Waals surface area contributed by atoms with E-state index in [2.05, 4.69) is 10.1 Å². The van der Waals surface area contributed by atoms with Gasteiger partial charge in [0.05, 0.1) is 0 Å². The highest BCUT2D eigenvalue weighted by Crippen LogP contribution is 2.23. The first-order valence-corrected chi connectivity index (χ1v) is 8.80. The molecule has 1 fully saturated rings. The van der Waals surface area contributed by atoms with E-state index in [4.69, 9.17) is 0 Å². The molecule has 1 saturated heterocycles. The van der Waals surface area contributed by atoms with Gasteiger partial charge in [0, 0.05) is 17.8 Å². The molecule has 2 aromatic carbocycles. The van der Waals surface area contributed by atoms with Gasteiger partial charge in [0.15, 0.2) is 6.61 Å². The van der Waals surface area contributed by atoms with Crippen molar-refractivity contribution in [3.05, 3.63) is 60.2 Å². The van der Waals surface area contributed by atoms with E-state index in [9.17, 15) is 22.8 Å². The number of nitrogens with zero attached hydrogens (tertiary/aromatic N) is 1. The molecule has 1 aliphatic heterocycles. The Labute approximate surface area is 160 Å². The molecule has 0 bridgehead atoms. The Morgan fingerprint density at radius 3 is 2.39 bits per heavy atom. The molecule has 0 aromatic heterocycles. The minimum absolute atomic E-state index is 0.0528. The third-order valence-corrected chi connectivity index (χ3v) is 4.36. The molecule has 1 atom stereocenters. The summed E-state index contributed by atoms with van der Waals surface area (Å²) in [7, 11) is 0. The first kappa shape index (κ1) is 19.7. The molecule has 2 amide bonds. The number of nitrogens with one attached hydrogen (secondary N) is 1. The van der Waals surface area contributed by atoms with Crippen molar-refractivity contribution in [3.63, 3.8) is 0 Å². The summed E-state index contributed by atoms with van der Waals surface area (Å²) in [4.78, 5) is 26.8. The lowest BCUT2D eigenvalue weighted by Gasteiger charge is -2.24. The topological polar surface area (TPSA) is 58.6 Å². The van der Waals surface area contributed by atoms with Gasteiger partial charge in [-0.15, -0.1) is 0 Å². The molecule has 1 heterocycles. The quantitative estimate of drug-likeness (QED) is 0.840. The van der Waals surface area contributed by atoms with Crippen LogP contribution in [0.2, 0.25) is 0 Å². The van der Waals surface area contributed by atoms with Gasteiger partial charge in [-0.25, -0.2) is 0 Å². The van der Waals surface area contributed by atoms with E-state index in [0.29, 0.717) is 24.2 Å². The molecule has 1 unspecified atom stereocenters. The smallest absolute Gasteiger partial charge is 0.422 e. The lowest BCUT2D eigenvalue weighted by atomic mass is 10.1. The zero-order chi connectivity index (χ0) is 20.1. The minimum atomic E-state index is -4.41. The number of carbonyl (C=O) groups excluding carboxylic acids is 2. The maximum absolute atomic E-state index is 12.6. The van der Waals surface area contributed by atoms with Gasteiger partial charge in [0.25, 0.3) is 5.91 Å². The molecule has 28 heavy (non-hydrogen) atoms. The van der Waals surface area contributed by atoms with Gasteiger partial charge in [-0.3, -0.25) is 9.59 Å². The molecule has 148 valence electrons. The summed E-state index contributed by atoms with van der Waals surface area (Å²) in [6, 6.07) is 13.8. The van der Waals surface area contributed by atoms with Crippen molar-refractivity contribution in [2.45, 2.75) is 25.1 Å². The van der Waals surface area contributed by atoms with E-state index in [-0.39, 0.29) is 17.6 Å². The molecule has 0 radical (unpaired) electrons. The maximum Gasteiger partial charge on any atom is 0.422 e. The van der Waals surface area contributed by atoms with Crippen molar-refractivity contribution < 1.29 is 27.5 Å². The first-order chi connectivity index (χ1) is 13.3. The predicted octanol–water partition coefficient (Wildman–Crippen LogP) is 3.87. The van der Waals surface area contributed by atoms with Crippen LogP contribution in [-0.2, 0) is 4.79 Å². The molecule has 0 aliphatic carbocycles. The lowest BCUT2D eigenvalue weighted by molar-refractivity contribution is -0.153. The van der Waals surface area contributed by atoms with Crippen LogP contribution in [-0.4, -0.2) is 42.1 Å². The zero-order valence-corrected chi connectivity index (χ0v) is 14.9. The van der Waals surface area contributed by atoms with Crippen LogP contribution in [0.15, 0.2) is 54.6 Å². The SMILES string of the molecule is O=C(Nc1ccc(OCC(F)(F)F)cc1)C1CCCN1C(=O)c1ccccc1. The van der Waals surface area contributed by atoms with Crippen LogP contribution in [0.3, 0.4) is 0 Å². The number of anilines is 1. The monoisotopic (exact) mass is 392 g/mol. The predicted molar refractivity (Wildman–Crippen MR) is 97.1 cm³/mol. The fraction of sp³-hybridized carbons (Fsp3) is 0.300.